The van der Waals surface area contributed by atoms with E-state index < -0.39 is 0 Å². The standard InChI is InChI=1S/C18H25ClN2O2/c1-3-4-11-21(2)18(23)16-12-15(16)17(22)20-10-9-13-5-7-14(19)8-6-13/h5-8,15-16H,3-4,9-12H2,1-2H3,(H,20,22). The molecular weight excluding hydrogens is 312 g/mol. The van der Waals surface area contributed by atoms with E-state index >= 15 is 0 Å². The molecule has 1 N–H and O–H groups in total. The molecule has 1 aliphatic rings. The summed E-state index contributed by atoms with van der Waals surface area (Å²) >= 11 is 5.84. The number of benzene rings is 1. The summed E-state index contributed by atoms with van der Waals surface area (Å²) in [5.74, 6) is -0.151. The van der Waals surface area contributed by atoms with Gasteiger partial charge in [0.25, 0.3) is 0 Å². The van der Waals surface area contributed by atoms with Crippen LogP contribution in [0.2, 0.25) is 5.02 Å². The monoisotopic (exact) mass is 336 g/mol. The SMILES string of the molecule is CCCCN(C)C(=O)C1CC1C(=O)NCCc1ccc(Cl)cc1. The van der Waals surface area contributed by atoms with E-state index in [2.05, 4.69) is 12.2 Å². The van der Waals surface area contributed by atoms with Crippen LogP contribution in [-0.2, 0) is 16.0 Å². The molecule has 2 atom stereocenters. The van der Waals surface area contributed by atoms with E-state index in [4.69, 9.17) is 11.6 Å². The lowest BCUT2D eigenvalue weighted by atomic mass is 10.1. The molecule has 126 valence electrons. The van der Waals surface area contributed by atoms with Crippen LogP contribution in [0.1, 0.15) is 31.7 Å². The van der Waals surface area contributed by atoms with Crippen LogP contribution in [0.25, 0.3) is 0 Å². The van der Waals surface area contributed by atoms with Crippen LogP contribution in [-0.4, -0.2) is 36.9 Å². The third-order valence-corrected chi connectivity index (χ3v) is 4.55. The number of carbonyl (C=O) groups is 2. The summed E-state index contributed by atoms with van der Waals surface area (Å²) in [4.78, 5) is 26.0. The Labute approximate surface area is 143 Å². The molecule has 23 heavy (non-hydrogen) atoms. The highest BCUT2D eigenvalue weighted by Crippen LogP contribution is 2.39. The Morgan fingerprint density at radius 2 is 1.96 bits per heavy atom. The third-order valence-electron chi connectivity index (χ3n) is 4.29. The number of amides is 2. The van der Waals surface area contributed by atoms with E-state index in [0.29, 0.717) is 18.0 Å². The van der Waals surface area contributed by atoms with Crippen LogP contribution in [0.4, 0.5) is 0 Å². The Morgan fingerprint density at radius 1 is 1.26 bits per heavy atom. The number of unbranched alkanes of at least 4 members (excludes halogenated alkanes) is 1. The molecule has 1 aromatic rings. The summed E-state index contributed by atoms with van der Waals surface area (Å²) in [5, 5.41) is 3.64. The first-order chi connectivity index (χ1) is 11.0. The molecule has 2 unspecified atom stereocenters. The van der Waals surface area contributed by atoms with Gasteiger partial charge in [-0.15, -0.1) is 0 Å². The fourth-order valence-electron chi connectivity index (χ4n) is 2.66. The van der Waals surface area contributed by atoms with Gasteiger partial charge < -0.3 is 10.2 Å². The Kier molecular flexibility index (Phi) is 6.46. The van der Waals surface area contributed by atoms with Gasteiger partial charge in [0, 0.05) is 25.2 Å². The first kappa shape index (κ1) is 17.8. The lowest BCUT2D eigenvalue weighted by Gasteiger charge is -2.16. The van der Waals surface area contributed by atoms with Gasteiger partial charge in [-0.3, -0.25) is 9.59 Å². The molecule has 4 nitrogen and oxygen atoms in total. The molecule has 0 spiro atoms. The lowest BCUT2D eigenvalue weighted by molar-refractivity contribution is -0.133. The van der Waals surface area contributed by atoms with Gasteiger partial charge in [-0.25, -0.2) is 0 Å². The van der Waals surface area contributed by atoms with Crippen LogP contribution in [0.3, 0.4) is 0 Å². The summed E-state index contributed by atoms with van der Waals surface area (Å²) in [6.07, 6.45) is 3.52. The summed E-state index contributed by atoms with van der Waals surface area (Å²) < 4.78 is 0. The van der Waals surface area contributed by atoms with Gasteiger partial charge in [-0.05, 0) is 37.0 Å². The van der Waals surface area contributed by atoms with Crippen molar-refractivity contribution >= 4 is 23.4 Å². The molecule has 1 aliphatic carbocycles. The van der Waals surface area contributed by atoms with Crippen LogP contribution in [0.5, 0.6) is 0 Å². The molecule has 0 aromatic heterocycles. The van der Waals surface area contributed by atoms with Crippen molar-refractivity contribution in [3.63, 3.8) is 0 Å². The molecule has 1 saturated carbocycles. The Balaban J connectivity index is 1.69. The first-order valence-electron chi connectivity index (χ1n) is 8.30. The second-order valence-electron chi connectivity index (χ2n) is 6.23. The van der Waals surface area contributed by atoms with Gasteiger partial charge in [-0.2, -0.15) is 0 Å². The second kappa shape index (κ2) is 8.34. The highest BCUT2D eigenvalue weighted by atomic mass is 35.5. The van der Waals surface area contributed by atoms with Gasteiger partial charge in [0.1, 0.15) is 0 Å². The van der Waals surface area contributed by atoms with Crippen molar-refractivity contribution in [1.82, 2.24) is 10.2 Å². The summed E-state index contributed by atoms with van der Waals surface area (Å²) in [6.45, 7) is 3.46. The second-order valence-corrected chi connectivity index (χ2v) is 6.67. The molecule has 1 fully saturated rings. The Morgan fingerprint density at radius 3 is 2.61 bits per heavy atom. The maximum atomic E-state index is 12.2. The number of hydrogen-bond donors (Lipinski definition) is 1. The number of nitrogens with one attached hydrogen (secondary N) is 1. The minimum atomic E-state index is -0.142. The fourth-order valence-corrected chi connectivity index (χ4v) is 2.78. The zero-order valence-electron chi connectivity index (χ0n) is 13.8. The average molecular weight is 337 g/mol. The van der Waals surface area contributed by atoms with Crippen molar-refractivity contribution in [3.8, 4) is 0 Å². The summed E-state index contributed by atoms with van der Waals surface area (Å²) in [5.41, 5.74) is 1.14. The average Bonchev–Trinajstić information content (AvgIpc) is 3.34. The first-order valence-corrected chi connectivity index (χ1v) is 8.68. The maximum absolute atomic E-state index is 12.2. The molecule has 2 rings (SSSR count). The zero-order chi connectivity index (χ0) is 16.8. The van der Waals surface area contributed by atoms with Gasteiger partial charge in [0.05, 0.1) is 11.8 Å². The molecular formula is C18H25ClN2O2. The zero-order valence-corrected chi connectivity index (χ0v) is 14.6. The van der Waals surface area contributed by atoms with Crippen LogP contribution < -0.4 is 5.32 Å². The van der Waals surface area contributed by atoms with Crippen molar-refractivity contribution in [1.29, 1.82) is 0 Å². The molecule has 2 amide bonds. The number of halogens is 1. The van der Waals surface area contributed by atoms with Gasteiger partial charge >= 0.3 is 0 Å². The van der Waals surface area contributed by atoms with Crippen molar-refractivity contribution in [2.24, 2.45) is 11.8 Å². The molecule has 0 bridgehead atoms. The van der Waals surface area contributed by atoms with E-state index in [1.807, 2.05) is 31.3 Å². The molecule has 1 aromatic carbocycles. The third kappa shape index (κ3) is 5.24. The lowest BCUT2D eigenvalue weighted by Crippen LogP contribution is -2.32. The van der Waals surface area contributed by atoms with E-state index in [1.165, 1.54) is 0 Å². The summed E-state index contributed by atoms with van der Waals surface area (Å²) in [7, 11) is 1.83. The highest BCUT2D eigenvalue weighted by Gasteiger charge is 2.48. The van der Waals surface area contributed by atoms with E-state index in [-0.39, 0.29) is 23.7 Å². The topological polar surface area (TPSA) is 49.4 Å². The Bertz CT molecular complexity index is 544. The predicted molar refractivity (Wildman–Crippen MR) is 92.3 cm³/mol. The molecule has 5 heteroatoms. The summed E-state index contributed by atoms with van der Waals surface area (Å²) in [6, 6.07) is 7.61. The van der Waals surface area contributed by atoms with Crippen LogP contribution in [0.15, 0.2) is 24.3 Å². The molecule has 0 heterocycles. The van der Waals surface area contributed by atoms with Crippen molar-refractivity contribution < 1.29 is 9.59 Å². The van der Waals surface area contributed by atoms with E-state index in [0.717, 1.165) is 31.4 Å². The molecule has 0 saturated heterocycles. The maximum Gasteiger partial charge on any atom is 0.226 e. The van der Waals surface area contributed by atoms with E-state index in [1.54, 1.807) is 4.90 Å². The highest BCUT2D eigenvalue weighted by molar-refractivity contribution is 6.30. The Hall–Kier alpha value is -1.55. The van der Waals surface area contributed by atoms with Crippen molar-refractivity contribution in [3.05, 3.63) is 34.9 Å². The van der Waals surface area contributed by atoms with Gasteiger partial charge in [-0.1, -0.05) is 37.1 Å². The fraction of sp³-hybridized carbons (Fsp3) is 0.556. The van der Waals surface area contributed by atoms with Gasteiger partial charge in [0.15, 0.2) is 0 Å². The van der Waals surface area contributed by atoms with Crippen LogP contribution in [0, 0.1) is 11.8 Å². The molecule has 0 radical (unpaired) electrons. The number of rotatable bonds is 8. The van der Waals surface area contributed by atoms with Gasteiger partial charge in [0.2, 0.25) is 11.8 Å². The molecule has 0 aliphatic heterocycles. The van der Waals surface area contributed by atoms with Crippen LogP contribution >= 0.6 is 11.6 Å². The van der Waals surface area contributed by atoms with Crippen molar-refractivity contribution in [2.45, 2.75) is 32.6 Å². The predicted octanol–water partition coefficient (Wildman–Crippen LogP) is 2.89. The number of hydrogen-bond acceptors (Lipinski definition) is 2. The largest absolute Gasteiger partial charge is 0.356 e. The minimum absolute atomic E-state index is 0.00112. The quantitative estimate of drug-likeness (QED) is 0.793. The number of nitrogens with zero attached hydrogens (tertiary/aromatic N) is 1. The number of carbonyl (C=O) groups excluding carboxylic acids is 2. The smallest absolute Gasteiger partial charge is 0.226 e. The van der Waals surface area contributed by atoms with E-state index in [9.17, 15) is 9.59 Å². The normalized spacial score (nSPS) is 19.3. The minimum Gasteiger partial charge on any atom is -0.356 e. The van der Waals surface area contributed by atoms with Crippen molar-refractivity contribution in [2.75, 3.05) is 20.1 Å².